The number of rotatable bonds is 12. The van der Waals surface area contributed by atoms with E-state index in [2.05, 4.69) is 0 Å². The molecule has 0 aliphatic carbocycles. The van der Waals surface area contributed by atoms with Crippen LogP contribution < -0.4 is 0 Å². The number of esters is 1. The molecule has 4 nitrogen and oxygen atoms in total. The lowest BCUT2D eigenvalue weighted by Gasteiger charge is -2.06. The Morgan fingerprint density at radius 1 is 1.04 bits per heavy atom. The lowest BCUT2D eigenvalue weighted by Crippen LogP contribution is -2.10. The number of alkyl halides is 3. The summed E-state index contributed by atoms with van der Waals surface area (Å²) in [7, 11) is 0. The number of nitrogens with zero attached hydrogens (tertiary/aromatic N) is 1. The summed E-state index contributed by atoms with van der Waals surface area (Å²) in [6.07, 6.45) is 1.11. The van der Waals surface area contributed by atoms with E-state index in [1.54, 1.807) is 24.3 Å². The summed E-state index contributed by atoms with van der Waals surface area (Å²) in [6.45, 7) is 0.190. The predicted molar refractivity (Wildman–Crippen MR) is 99.1 cm³/mol. The predicted octanol–water partition coefficient (Wildman–Crippen LogP) is 5.37. The van der Waals surface area contributed by atoms with Gasteiger partial charge in [-0.05, 0) is 30.5 Å². The van der Waals surface area contributed by atoms with Gasteiger partial charge in [0.1, 0.15) is 6.42 Å². The van der Waals surface area contributed by atoms with E-state index in [0.717, 1.165) is 19.3 Å². The lowest BCUT2D eigenvalue weighted by molar-refractivity contribution is -0.145. The maximum atomic E-state index is 12.0. The number of hydrogen-bond donors (Lipinski definition) is 0. The van der Waals surface area contributed by atoms with E-state index in [1.165, 1.54) is 12.2 Å². The van der Waals surface area contributed by atoms with Crippen molar-refractivity contribution in [1.82, 2.24) is 0 Å². The molecule has 1 aromatic carbocycles. The number of ether oxygens (including phenoxy) is 1. The van der Waals surface area contributed by atoms with Crippen molar-refractivity contribution in [3.8, 4) is 6.07 Å². The van der Waals surface area contributed by atoms with Gasteiger partial charge in [-0.25, -0.2) is 0 Å². The molecular weight excluding hydrogens is 371 g/mol. The fourth-order valence-corrected chi connectivity index (χ4v) is 2.50. The molecule has 1 aromatic rings. The summed E-state index contributed by atoms with van der Waals surface area (Å²) in [5.41, 5.74) is 1.04. The third-order valence-corrected chi connectivity index (χ3v) is 3.97. The summed E-state index contributed by atoms with van der Waals surface area (Å²) in [5, 5.41) is 8.97. The van der Waals surface area contributed by atoms with Crippen LogP contribution in [0.5, 0.6) is 0 Å². The van der Waals surface area contributed by atoms with E-state index in [9.17, 15) is 22.8 Å². The smallest absolute Gasteiger partial charge is 0.389 e. The van der Waals surface area contributed by atoms with Crippen molar-refractivity contribution in [3.05, 3.63) is 41.5 Å². The quantitative estimate of drug-likeness (QED) is 0.207. The maximum absolute atomic E-state index is 12.0. The van der Waals surface area contributed by atoms with Crippen molar-refractivity contribution >= 4 is 17.8 Å². The average molecular weight is 395 g/mol. The Labute approximate surface area is 163 Å². The molecule has 0 N–H and O–H groups in total. The Hall–Kier alpha value is -2.62. The van der Waals surface area contributed by atoms with Crippen LogP contribution in [0.15, 0.2) is 30.3 Å². The number of allylic oxidation sites excluding steroid dienone is 1. The summed E-state index contributed by atoms with van der Waals surface area (Å²) < 4.78 is 40.9. The molecule has 28 heavy (non-hydrogen) atoms. The average Bonchev–Trinajstić information content (AvgIpc) is 2.64. The van der Waals surface area contributed by atoms with Gasteiger partial charge in [0, 0.05) is 6.42 Å². The second kappa shape index (κ2) is 12.7. The minimum atomic E-state index is -4.08. The molecule has 1 rings (SSSR count). The van der Waals surface area contributed by atoms with Crippen molar-refractivity contribution < 1.29 is 27.5 Å². The zero-order valence-electron chi connectivity index (χ0n) is 15.6. The number of unbranched alkanes of at least 4 members (excludes halogenated alkanes) is 5. The van der Waals surface area contributed by atoms with Gasteiger partial charge in [0.25, 0.3) is 0 Å². The molecular formula is C21H24F3NO3. The van der Waals surface area contributed by atoms with E-state index in [1.807, 2.05) is 6.07 Å². The molecule has 152 valence electrons. The van der Waals surface area contributed by atoms with E-state index >= 15 is 0 Å². The first-order valence-corrected chi connectivity index (χ1v) is 9.24. The normalized spacial score (nSPS) is 11.4. The number of halogens is 3. The zero-order chi connectivity index (χ0) is 20.8. The molecule has 0 aromatic heterocycles. The summed E-state index contributed by atoms with van der Waals surface area (Å²) in [6, 6.07) is 8.82. The Bertz CT molecular complexity index is 706. The van der Waals surface area contributed by atoms with Crippen LogP contribution in [-0.2, 0) is 14.3 Å². The van der Waals surface area contributed by atoms with Gasteiger partial charge in [-0.3, -0.25) is 9.59 Å². The molecule has 0 saturated heterocycles. The summed E-state index contributed by atoms with van der Waals surface area (Å²) in [4.78, 5) is 23.4. The standard InChI is InChI=1S/C21H24F3NO3/c22-21(23,24)13-7-3-1-2-4-8-14-28-20(27)15-19(26)12-11-17-9-5-6-10-18(17)16-25/h5-6,9-12H,1-4,7-8,13-15H2. The number of ketones is 1. The van der Waals surface area contributed by atoms with Gasteiger partial charge >= 0.3 is 12.1 Å². The molecule has 7 heteroatoms. The van der Waals surface area contributed by atoms with Crippen LogP contribution in [0.1, 0.15) is 62.5 Å². The van der Waals surface area contributed by atoms with Crippen LogP contribution in [0.4, 0.5) is 13.2 Å². The number of carbonyl (C=O) groups excluding carboxylic acids is 2. The topological polar surface area (TPSA) is 67.2 Å². The number of carbonyl (C=O) groups is 2. The monoisotopic (exact) mass is 395 g/mol. The second-order valence-corrected chi connectivity index (χ2v) is 6.38. The van der Waals surface area contributed by atoms with E-state index in [0.29, 0.717) is 24.0 Å². The second-order valence-electron chi connectivity index (χ2n) is 6.38. The lowest BCUT2D eigenvalue weighted by atomic mass is 10.1. The van der Waals surface area contributed by atoms with E-state index < -0.39 is 24.3 Å². The zero-order valence-corrected chi connectivity index (χ0v) is 15.6. The number of hydrogen-bond acceptors (Lipinski definition) is 4. The highest BCUT2D eigenvalue weighted by atomic mass is 19.4. The van der Waals surface area contributed by atoms with Crippen LogP contribution in [0.2, 0.25) is 0 Å². The van der Waals surface area contributed by atoms with Gasteiger partial charge in [0.05, 0.1) is 18.2 Å². The Morgan fingerprint density at radius 2 is 1.68 bits per heavy atom. The van der Waals surface area contributed by atoms with Crippen LogP contribution in [0, 0.1) is 11.3 Å². The minimum Gasteiger partial charge on any atom is -0.465 e. The highest BCUT2D eigenvalue weighted by Gasteiger charge is 2.25. The van der Waals surface area contributed by atoms with Crippen LogP contribution in [0.25, 0.3) is 6.08 Å². The third-order valence-electron chi connectivity index (χ3n) is 3.97. The first-order chi connectivity index (χ1) is 13.3. The molecule has 0 aliphatic heterocycles. The number of nitriles is 1. The third kappa shape index (κ3) is 11.2. The van der Waals surface area contributed by atoms with Gasteiger partial charge in [-0.1, -0.05) is 50.0 Å². The van der Waals surface area contributed by atoms with Crippen molar-refractivity contribution in [3.63, 3.8) is 0 Å². The van der Waals surface area contributed by atoms with Gasteiger partial charge in [0.2, 0.25) is 0 Å². The SMILES string of the molecule is N#Cc1ccccc1C=CC(=O)CC(=O)OCCCCCCCCC(F)(F)F. The molecule has 0 heterocycles. The van der Waals surface area contributed by atoms with Gasteiger partial charge in [0.15, 0.2) is 5.78 Å². The molecule has 0 amide bonds. The molecule has 0 atom stereocenters. The van der Waals surface area contributed by atoms with Crippen LogP contribution in [0.3, 0.4) is 0 Å². The summed E-state index contributed by atoms with van der Waals surface area (Å²) >= 11 is 0. The first-order valence-electron chi connectivity index (χ1n) is 9.24. The minimum absolute atomic E-state index is 0.146. The van der Waals surface area contributed by atoms with Crippen molar-refractivity contribution in [2.45, 2.75) is 57.5 Å². The Balaban J connectivity index is 2.12. The Kier molecular flexibility index (Phi) is 10.6. The summed E-state index contributed by atoms with van der Waals surface area (Å²) in [5.74, 6) is -1.03. The van der Waals surface area contributed by atoms with Crippen LogP contribution >= 0.6 is 0 Å². The van der Waals surface area contributed by atoms with Gasteiger partial charge in [-0.15, -0.1) is 0 Å². The largest absolute Gasteiger partial charge is 0.465 e. The highest BCUT2D eigenvalue weighted by molar-refractivity contribution is 6.04. The molecule has 0 fully saturated rings. The van der Waals surface area contributed by atoms with E-state index in [-0.39, 0.29) is 19.4 Å². The van der Waals surface area contributed by atoms with Gasteiger partial charge < -0.3 is 4.74 Å². The highest BCUT2D eigenvalue weighted by Crippen LogP contribution is 2.23. The number of benzene rings is 1. The molecule has 0 spiro atoms. The fourth-order valence-electron chi connectivity index (χ4n) is 2.50. The molecule has 0 unspecified atom stereocenters. The van der Waals surface area contributed by atoms with Crippen molar-refractivity contribution in [2.75, 3.05) is 6.61 Å². The fraction of sp³-hybridized carbons (Fsp3) is 0.476. The van der Waals surface area contributed by atoms with Crippen LogP contribution in [-0.4, -0.2) is 24.5 Å². The van der Waals surface area contributed by atoms with Crippen molar-refractivity contribution in [2.24, 2.45) is 0 Å². The molecule has 0 radical (unpaired) electrons. The van der Waals surface area contributed by atoms with Gasteiger partial charge in [-0.2, -0.15) is 18.4 Å². The van der Waals surface area contributed by atoms with Crippen molar-refractivity contribution in [1.29, 1.82) is 5.26 Å². The maximum Gasteiger partial charge on any atom is 0.389 e. The molecule has 0 bridgehead atoms. The molecule has 0 aliphatic rings. The first kappa shape index (κ1) is 23.4. The molecule has 0 saturated carbocycles. The van der Waals surface area contributed by atoms with E-state index in [4.69, 9.17) is 10.00 Å². The Morgan fingerprint density at radius 3 is 2.36 bits per heavy atom.